The van der Waals surface area contributed by atoms with Crippen molar-refractivity contribution in [3.8, 4) is 0 Å². The smallest absolute Gasteiger partial charge is 0.0825 e. The second-order valence-electron chi connectivity index (χ2n) is 4.75. The molecule has 2 heteroatoms. The maximum absolute atomic E-state index is 4.20. The van der Waals surface area contributed by atoms with Crippen LogP contribution in [-0.4, -0.2) is 18.9 Å². The van der Waals surface area contributed by atoms with Crippen LogP contribution in [-0.2, 0) is 0 Å². The molecule has 2 atom stereocenters. The summed E-state index contributed by atoms with van der Waals surface area (Å²) in [5.74, 6) is 0.817. The van der Waals surface area contributed by atoms with Crippen LogP contribution in [0.4, 0.5) is 0 Å². The largest absolute Gasteiger partial charge is 0.374 e. The molecule has 98 valence electrons. The molecule has 2 unspecified atom stereocenters. The average Bonchev–Trinajstić information content (AvgIpc) is 2.42. The quantitative estimate of drug-likeness (QED) is 0.738. The third-order valence-electron chi connectivity index (χ3n) is 3.59. The van der Waals surface area contributed by atoms with Gasteiger partial charge in [0.05, 0.1) is 6.34 Å². The summed E-state index contributed by atoms with van der Waals surface area (Å²) in [5.41, 5.74) is 1.68. The molecule has 0 bridgehead atoms. The first kappa shape index (κ1) is 14.3. The number of rotatable bonds is 3. The molecule has 1 N–H and O–H groups in total. The monoisotopic (exact) mass is 236 g/mol. The lowest BCUT2D eigenvalue weighted by molar-refractivity contribution is 0.407. The number of allylic oxidation sites excluding steroid dienone is 2. The molecule has 0 spiro atoms. The summed E-state index contributed by atoms with van der Waals surface area (Å²) < 4.78 is 0. The van der Waals surface area contributed by atoms with E-state index >= 15 is 0 Å². The third kappa shape index (κ3) is 4.93. The molecule has 17 heavy (non-hydrogen) atoms. The Kier molecular flexibility index (Phi) is 6.99. The van der Waals surface area contributed by atoms with Gasteiger partial charge in [0.15, 0.2) is 0 Å². The van der Waals surface area contributed by atoms with Crippen molar-refractivity contribution in [1.82, 2.24) is 5.32 Å². The van der Waals surface area contributed by atoms with Crippen molar-refractivity contribution in [3.63, 3.8) is 0 Å². The minimum absolute atomic E-state index is 0.667. The van der Waals surface area contributed by atoms with E-state index in [9.17, 15) is 0 Å². The molecule has 2 aliphatic rings. The first-order chi connectivity index (χ1) is 8.38. The van der Waals surface area contributed by atoms with Crippen molar-refractivity contribution in [2.45, 2.75) is 65.3 Å². The summed E-state index contributed by atoms with van der Waals surface area (Å²) in [7, 11) is 0. The number of hydrogen-bond acceptors (Lipinski definition) is 2. The van der Waals surface area contributed by atoms with Gasteiger partial charge in [-0.15, -0.1) is 0 Å². The Bertz CT molecular complexity index is 256. The molecule has 2 nitrogen and oxygen atoms in total. The Hall–Kier alpha value is -0.790. The van der Waals surface area contributed by atoms with Gasteiger partial charge in [0.1, 0.15) is 0 Å². The fraction of sp³-hybridized carbons (Fsp3) is 0.800. The molecule has 1 heterocycles. The van der Waals surface area contributed by atoms with Gasteiger partial charge in [0.2, 0.25) is 0 Å². The van der Waals surface area contributed by atoms with Gasteiger partial charge in [-0.1, -0.05) is 32.4 Å². The Morgan fingerprint density at radius 2 is 2.18 bits per heavy atom. The Balaban J connectivity index is 0.000000686. The van der Waals surface area contributed by atoms with Gasteiger partial charge in [-0.25, -0.2) is 0 Å². The number of nitrogens with one attached hydrogen (secondary N) is 1. The van der Waals surface area contributed by atoms with Gasteiger partial charge >= 0.3 is 0 Å². The molecule has 0 saturated heterocycles. The molecule has 0 aromatic carbocycles. The van der Waals surface area contributed by atoms with Crippen molar-refractivity contribution in [3.05, 3.63) is 11.6 Å². The summed E-state index contributed by atoms with van der Waals surface area (Å²) in [5, 5.41) is 3.38. The number of nitrogens with zero attached hydrogens (tertiary/aromatic N) is 1. The number of hydrogen-bond donors (Lipinski definition) is 1. The van der Waals surface area contributed by atoms with Gasteiger partial charge < -0.3 is 5.32 Å². The van der Waals surface area contributed by atoms with Crippen LogP contribution in [0.5, 0.6) is 0 Å². The maximum atomic E-state index is 4.20. The maximum Gasteiger partial charge on any atom is 0.0825 e. The molecule has 2 rings (SSSR count). The molecule has 1 aliphatic carbocycles. The van der Waals surface area contributed by atoms with Gasteiger partial charge in [0, 0.05) is 12.6 Å². The highest BCUT2D eigenvalue weighted by Gasteiger charge is 2.18. The van der Waals surface area contributed by atoms with Crippen LogP contribution >= 0.6 is 0 Å². The summed E-state index contributed by atoms with van der Waals surface area (Å²) in [6, 6.07) is 0.667. The van der Waals surface area contributed by atoms with E-state index in [0.29, 0.717) is 6.04 Å². The minimum atomic E-state index is 0.667. The van der Waals surface area contributed by atoms with E-state index < -0.39 is 0 Å². The van der Waals surface area contributed by atoms with Gasteiger partial charge in [-0.05, 0) is 44.4 Å². The van der Waals surface area contributed by atoms with Crippen LogP contribution in [0, 0.1) is 5.92 Å². The average molecular weight is 236 g/mol. The van der Waals surface area contributed by atoms with E-state index in [2.05, 4.69) is 23.3 Å². The third-order valence-corrected chi connectivity index (χ3v) is 3.59. The first-order valence-electron chi connectivity index (χ1n) is 7.32. The molecule has 0 fully saturated rings. The lowest BCUT2D eigenvalue weighted by Gasteiger charge is -2.26. The zero-order chi connectivity index (χ0) is 12.5. The molecular formula is C15H28N2. The molecule has 0 saturated carbocycles. The second kappa shape index (κ2) is 8.32. The number of aliphatic imine (C=N–C) groups is 1. The van der Waals surface area contributed by atoms with E-state index in [1.807, 2.05) is 20.2 Å². The Morgan fingerprint density at radius 1 is 1.35 bits per heavy atom. The normalized spacial score (nSPS) is 27.6. The van der Waals surface area contributed by atoms with Crippen molar-refractivity contribution < 1.29 is 0 Å². The SMILES string of the molecule is CC.CCC1=CC(CC2CCN=CN2)CCC1. The van der Waals surface area contributed by atoms with Crippen LogP contribution in [0.25, 0.3) is 0 Å². The summed E-state index contributed by atoms with van der Waals surface area (Å²) in [4.78, 5) is 4.20. The van der Waals surface area contributed by atoms with Gasteiger partial charge in [-0.3, -0.25) is 4.99 Å². The highest BCUT2D eigenvalue weighted by molar-refractivity contribution is 5.55. The van der Waals surface area contributed by atoms with Crippen molar-refractivity contribution in [2.24, 2.45) is 10.9 Å². The van der Waals surface area contributed by atoms with E-state index in [4.69, 9.17) is 0 Å². The van der Waals surface area contributed by atoms with Crippen molar-refractivity contribution >= 4 is 6.34 Å². The lowest BCUT2D eigenvalue weighted by Crippen LogP contribution is -2.34. The fourth-order valence-corrected chi connectivity index (χ4v) is 2.66. The van der Waals surface area contributed by atoms with Crippen LogP contribution < -0.4 is 5.32 Å². The van der Waals surface area contributed by atoms with Crippen LogP contribution in [0.2, 0.25) is 0 Å². The fourth-order valence-electron chi connectivity index (χ4n) is 2.66. The molecular weight excluding hydrogens is 208 g/mol. The van der Waals surface area contributed by atoms with E-state index in [1.165, 1.54) is 38.5 Å². The van der Waals surface area contributed by atoms with E-state index in [0.717, 1.165) is 12.5 Å². The standard InChI is InChI=1S/C13H22N2.C2H6/c1-2-11-4-3-5-12(8-11)9-13-6-7-14-10-15-13;1-2/h8,10,12-13H,2-7,9H2,1H3,(H,14,15);1-2H3. The van der Waals surface area contributed by atoms with Gasteiger partial charge in [-0.2, -0.15) is 0 Å². The predicted molar refractivity (Wildman–Crippen MR) is 76.6 cm³/mol. The minimum Gasteiger partial charge on any atom is -0.374 e. The van der Waals surface area contributed by atoms with E-state index in [1.54, 1.807) is 5.57 Å². The first-order valence-corrected chi connectivity index (χ1v) is 7.32. The molecule has 0 aromatic rings. The zero-order valence-electron chi connectivity index (χ0n) is 11.7. The van der Waals surface area contributed by atoms with Crippen LogP contribution in [0.3, 0.4) is 0 Å². The highest BCUT2D eigenvalue weighted by atomic mass is 15.0. The van der Waals surface area contributed by atoms with E-state index in [-0.39, 0.29) is 0 Å². The molecule has 1 aliphatic heterocycles. The summed E-state index contributed by atoms with van der Waals surface area (Å²) in [6.45, 7) is 7.29. The zero-order valence-corrected chi connectivity index (χ0v) is 11.7. The Morgan fingerprint density at radius 3 is 2.82 bits per heavy atom. The van der Waals surface area contributed by atoms with Gasteiger partial charge in [0.25, 0.3) is 0 Å². The van der Waals surface area contributed by atoms with Crippen LogP contribution in [0.15, 0.2) is 16.6 Å². The molecule has 0 amide bonds. The highest BCUT2D eigenvalue weighted by Crippen LogP contribution is 2.28. The summed E-state index contributed by atoms with van der Waals surface area (Å²) in [6.07, 6.45) is 12.3. The molecule has 0 aromatic heterocycles. The molecule has 0 radical (unpaired) electrons. The summed E-state index contributed by atoms with van der Waals surface area (Å²) >= 11 is 0. The topological polar surface area (TPSA) is 24.4 Å². The lowest BCUT2D eigenvalue weighted by atomic mass is 9.85. The predicted octanol–water partition coefficient (Wildman–Crippen LogP) is 3.93. The van der Waals surface area contributed by atoms with Crippen molar-refractivity contribution in [1.29, 1.82) is 0 Å². The van der Waals surface area contributed by atoms with Crippen molar-refractivity contribution in [2.75, 3.05) is 6.54 Å². The van der Waals surface area contributed by atoms with Crippen LogP contribution in [0.1, 0.15) is 59.3 Å². The second-order valence-corrected chi connectivity index (χ2v) is 4.75. The Labute approximate surface area is 107 Å².